The van der Waals surface area contributed by atoms with Gasteiger partial charge in [0.25, 0.3) is 0 Å². The second kappa shape index (κ2) is 13.6. The van der Waals surface area contributed by atoms with Gasteiger partial charge in [0, 0.05) is 54.5 Å². The molecule has 0 bridgehead atoms. The third kappa shape index (κ3) is 6.40. The standard InChI is InChI=1S/C25H23N5O2S2.C2H6/c1-16-14-28-25(29-18-7-3-8-19(12-18)32-11-5-10-31)30-22(16)23-21(17-6-4-9-27-15-17)20(13-26)24(33-2)34-23;1-2/h3-4,6-9,12,14-15,31H,5,10-11H2,1-2H3,(H,28,29,30);1-2H3. The van der Waals surface area contributed by atoms with Crippen LogP contribution in [-0.2, 0) is 0 Å². The van der Waals surface area contributed by atoms with Gasteiger partial charge in [-0.2, -0.15) is 5.26 Å². The van der Waals surface area contributed by atoms with Gasteiger partial charge in [0.05, 0.1) is 27.0 Å². The highest BCUT2D eigenvalue weighted by Gasteiger charge is 2.23. The number of thioether (sulfide) groups is 1. The number of pyridine rings is 1. The summed E-state index contributed by atoms with van der Waals surface area (Å²) in [7, 11) is 0. The second-order valence-corrected chi connectivity index (χ2v) is 9.43. The van der Waals surface area contributed by atoms with Crippen LogP contribution in [0, 0.1) is 18.3 Å². The van der Waals surface area contributed by atoms with Crippen molar-refractivity contribution in [1.29, 1.82) is 5.26 Å². The molecule has 0 radical (unpaired) electrons. The number of aliphatic hydroxyl groups excluding tert-OH is 1. The smallest absolute Gasteiger partial charge is 0.227 e. The van der Waals surface area contributed by atoms with Crippen molar-refractivity contribution >= 4 is 34.7 Å². The number of nitriles is 1. The molecule has 0 atom stereocenters. The zero-order chi connectivity index (χ0) is 25.9. The maximum absolute atomic E-state index is 9.93. The number of hydrogen-bond acceptors (Lipinski definition) is 9. The highest BCUT2D eigenvalue weighted by Crippen LogP contribution is 2.46. The molecule has 0 aliphatic carbocycles. The molecule has 0 amide bonds. The van der Waals surface area contributed by atoms with E-state index in [1.165, 1.54) is 0 Å². The highest BCUT2D eigenvalue weighted by molar-refractivity contribution is 8.00. The molecule has 0 fully saturated rings. The van der Waals surface area contributed by atoms with E-state index >= 15 is 0 Å². The van der Waals surface area contributed by atoms with E-state index in [4.69, 9.17) is 14.8 Å². The Bertz CT molecular complexity index is 1320. The number of nitrogens with one attached hydrogen (secondary N) is 1. The lowest BCUT2D eigenvalue weighted by Gasteiger charge is -2.11. The molecule has 0 spiro atoms. The molecule has 2 N–H and O–H groups in total. The number of rotatable bonds is 9. The fraction of sp³-hybridized carbons (Fsp3) is 0.259. The molecule has 0 aliphatic heterocycles. The molecule has 0 saturated carbocycles. The topological polar surface area (TPSA) is 104 Å². The van der Waals surface area contributed by atoms with Crippen molar-refractivity contribution in [2.45, 2.75) is 31.4 Å². The summed E-state index contributed by atoms with van der Waals surface area (Å²) in [6.07, 6.45) is 7.82. The molecule has 3 heterocycles. The van der Waals surface area contributed by atoms with Crippen molar-refractivity contribution in [2.75, 3.05) is 24.8 Å². The van der Waals surface area contributed by atoms with Crippen molar-refractivity contribution in [2.24, 2.45) is 0 Å². The lowest BCUT2D eigenvalue weighted by molar-refractivity contribution is 0.233. The Morgan fingerprint density at radius 1 is 1.19 bits per heavy atom. The lowest BCUT2D eigenvalue weighted by Crippen LogP contribution is -2.02. The van der Waals surface area contributed by atoms with Crippen LogP contribution >= 0.6 is 23.1 Å². The summed E-state index contributed by atoms with van der Waals surface area (Å²) in [6, 6.07) is 13.7. The number of thiophene rings is 1. The lowest BCUT2D eigenvalue weighted by atomic mass is 10.0. The zero-order valence-corrected chi connectivity index (χ0v) is 22.4. The molecular weight excluding hydrogens is 490 g/mol. The molecule has 36 heavy (non-hydrogen) atoms. The van der Waals surface area contributed by atoms with Gasteiger partial charge in [-0.25, -0.2) is 9.97 Å². The van der Waals surface area contributed by atoms with Crippen LogP contribution in [0.25, 0.3) is 21.7 Å². The quantitative estimate of drug-likeness (QED) is 0.186. The van der Waals surface area contributed by atoms with Crippen molar-refractivity contribution < 1.29 is 9.84 Å². The summed E-state index contributed by atoms with van der Waals surface area (Å²) in [5, 5.41) is 22.1. The van der Waals surface area contributed by atoms with Gasteiger partial charge in [-0.15, -0.1) is 23.1 Å². The van der Waals surface area contributed by atoms with Crippen LogP contribution in [0.5, 0.6) is 5.75 Å². The van der Waals surface area contributed by atoms with Gasteiger partial charge in [0.1, 0.15) is 11.8 Å². The Kier molecular flexibility index (Phi) is 10.2. The van der Waals surface area contributed by atoms with Gasteiger partial charge >= 0.3 is 0 Å². The summed E-state index contributed by atoms with van der Waals surface area (Å²) < 4.78 is 6.61. The highest BCUT2D eigenvalue weighted by atomic mass is 32.2. The van der Waals surface area contributed by atoms with E-state index < -0.39 is 0 Å². The maximum Gasteiger partial charge on any atom is 0.227 e. The Labute approximate surface area is 220 Å². The maximum atomic E-state index is 9.93. The molecule has 0 aliphatic rings. The first-order chi connectivity index (χ1) is 17.6. The van der Waals surface area contributed by atoms with Gasteiger partial charge in [-0.3, -0.25) is 4.98 Å². The summed E-state index contributed by atoms with van der Waals surface area (Å²) in [6.45, 7) is 6.50. The summed E-state index contributed by atoms with van der Waals surface area (Å²) in [5.41, 5.74) is 4.84. The van der Waals surface area contributed by atoms with Gasteiger partial charge in [-0.1, -0.05) is 26.0 Å². The van der Waals surface area contributed by atoms with E-state index in [1.807, 2.05) is 63.4 Å². The van der Waals surface area contributed by atoms with E-state index in [0.717, 1.165) is 37.2 Å². The van der Waals surface area contributed by atoms with Crippen LogP contribution in [0.1, 0.15) is 31.4 Å². The fourth-order valence-corrected chi connectivity index (χ4v) is 5.38. The molecule has 0 unspecified atom stereocenters. The Hall–Kier alpha value is -3.45. The van der Waals surface area contributed by atoms with Crippen LogP contribution in [0.3, 0.4) is 0 Å². The van der Waals surface area contributed by atoms with Gasteiger partial charge < -0.3 is 15.2 Å². The van der Waals surface area contributed by atoms with Crippen LogP contribution in [0.4, 0.5) is 11.6 Å². The summed E-state index contributed by atoms with van der Waals surface area (Å²) in [4.78, 5) is 14.5. The van der Waals surface area contributed by atoms with Crippen molar-refractivity contribution in [3.05, 3.63) is 66.1 Å². The van der Waals surface area contributed by atoms with Crippen LogP contribution < -0.4 is 10.1 Å². The first-order valence-corrected chi connectivity index (χ1v) is 13.6. The number of aromatic nitrogens is 3. The number of aliphatic hydroxyl groups is 1. The van der Waals surface area contributed by atoms with Gasteiger partial charge in [-0.05, 0) is 36.9 Å². The molecular formula is C27H29N5O2S2. The number of benzene rings is 1. The minimum absolute atomic E-state index is 0.0907. The van der Waals surface area contributed by atoms with E-state index in [9.17, 15) is 5.26 Å². The van der Waals surface area contributed by atoms with E-state index in [0.29, 0.717) is 30.3 Å². The Balaban J connectivity index is 0.00000176. The summed E-state index contributed by atoms with van der Waals surface area (Å²) >= 11 is 3.11. The SMILES string of the molecule is CC.CSc1sc(-c2nc(Nc3cccc(OCCCO)c3)ncc2C)c(-c2cccnc2)c1C#N. The van der Waals surface area contributed by atoms with Crippen LogP contribution in [-0.4, -0.2) is 39.5 Å². The molecule has 1 aromatic carbocycles. The zero-order valence-electron chi connectivity index (χ0n) is 20.8. The van der Waals surface area contributed by atoms with E-state index in [2.05, 4.69) is 21.4 Å². The first kappa shape index (κ1) is 27.1. The van der Waals surface area contributed by atoms with Gasteiger partial charge in [0.2, 0.25) is 5.95 Å². The molecule has 7 nitrogen and oxygen atoms in total. The van der Waals surface area contributed by atoms with Crippen molar-refractivity contribution in [1.82, 2.24) is 15.0 Å². The first-order valence-electron chi connectivity index (χ1n) is 11.6. The number of nitrogens with zero attached hydrogens (tertiary/aromatic N) is 4. The number of anilines is 2. The van der Waals surface area contributed by atoms with Crippen LogP contribution in [0.2, 0.25) is 0 Å². The monoisotopic (exact) mass is 519 g/mol. The predicted molar refractivity (Wildman–Crippen MR) is 148 cm³/mol. The largest absolute Gasteiger partial charge is 0.493 e. The van der Waals surface area contributed by atoms with E-state index in [1.54, 1.807) is 41.7 Å². The Morgan fingerprint density at radius 2 is 2.03 bits per heavy atom. The second-order valence-electron chi connectivity index (χ2n) is 7.33. The average Bonchev–Trinajstić information content (AvgIpc) is 3.30. The predicted octanol–water partition coefficient (Wildman–Crippen LogP) is 6.70. The molecule has 9 heteroatoms. The summed E-state index contributed by atoms with van der Waals surface area (Å²) in [5.74, 6) is 1.15. The third-order valence-electron chi connectivity index (χ3n) is 4.97. The normalized spacial score (nSPS) is 10.2. The van der Waals surface area contributed by atoms with Crippen LogP contribution in [0.15, 0.2) is 59.2 Å². The van der Waals surface area contributed by atoms with E-state index in [-0.39, 0.29) is 6.61 Å². The van der Waals surface area contributed by atoms with Crippen molar-refractivity contribution in [3.8, 4) is 33.5 Å². The Morgan fingerprint density at radius 3 is 2.72 bits per heavy atom. The minimum atomic E-state index is 0.0907. The molecule has 4 rings (SSSR count). The minimum Gasteiger partial charge on any atom is -0.493 e. The molecule has 3 aromatic heterocycles. The number of aryl methyl sites for hydroxylation is 1. The van der Waals surface area contributed by atoms with Gasteiger partial charge in [0.15, 0.2) is 0 Å². The number of hydrogen-bond donors (Lipinski definition) is 2. The molecule has 4 aromatic rings. The average molecular weight is 520 g/mol. The molecule has 186 valence electrons. The van der Waals surface area contributed by atoms with Crippen molar-refractivity contribution in [3.63, 3.8) is 0 Å². The molecule has 0 saturated heterocycles. The fourth-order valence-electron chi connectivity index (χ4n) is 3.39. The number of ether oxygens (including phenoxy) is 1. The third-order valence-corrected chi connectivity index (χ3v) is 7.29.